The molecule has 1 aromatic heterocycles. The third-order valence-corrected chi connectivity index (χ3v) is 3.58. The maximum Gasteiger partial charge on any atom is 0.291 e. The number of fused-ring (bicyclic) bond motifs is 1. The molecule has 1 aliphatic heterocycles. The van der Waals surface area contributed by atoms with Gasteiger partial charge in [0, 0.05) is 6.42 Å². The van der Waals surface area contributed by atoms with Gasteiger partial charge in [0.25, 0.3) is 5.76 Å². The average Bonchev–Trinajstić information content (AvgIpc) is 2.90. The van der Waals surface area contributed by atoms with Gasteiger partial charge < -0.3 is 0 Å². The van der Waals surface area contributed by atoms with Crippen LogP contribution in [0.3, 0.4) is 0 Å². The molecule has 2 heterocycles. The molecule has 1 aromatic carbocycles. The van der Waals surface area contributed by atoms with E-state index in [9.17, 15) is 13.2 Å². The Hall–Kier alpha value is -1.50. The summed E-state index contributed by atoms with van der Waals surface area (Å²) < 4.78 is 39.9. The van der Waals surface area contributed by atoms with Gasteiger partial charge in [-0.25, -0.2) is 14.1 Å². The molecule has 0 N–H and O–H groups in total. The molecular weight excluding hydrogens is 275 g/mol. The van der Waals surface area contributed by atoms with E-state index in [-0.39, 0.29) is 35.2 Å². The van der Waals surface area contributed by atoms with E-state index in [1.54, 1.807) is 0 Å². The van der Waals surface area contributed by atoms with Crippen molar-refractivity contribution in [2.45, 2.75) is 29.5 Å². The lowest BCUT2D eigenvalue weighted by atomic mass is 10.0. The summed E-state index contributed by atoms with van der Waals surface area (Å²) in [6.07, 6.45) is -1.01. The maximum atomic E-state index is 13.9. The first-order valence-corrected chi connectivity index (χ1v) is 6.63. The second-order valence-electron chi connectivity index (χ2n) is 4.21. The number of hydrogen-bond donors (Lipinski definition) is 0. The molecule has 3 rings (SSSR count). The maximum absolute atomic E-state index is 13.9. The molecular formula is C12H10F3N3S. The minimum absolute atomic E-state index is 0.0757. The van der Waals surface area contributed by atoms with Gasteiger partial charge in [0.15, 0.2) is 12.0 Å². The summed E-state index contributed by atoms with van der Waals surface area (Å²) in [7, 11) is 0. The predicted molar refractivity (Wildman–Crippen MR) is 64.9 cm³/mol. The van der Waals surface area contributed by atoms with Crippen LogP contribution in [0.15, 0.2) is 35.5 Å². The summed E-state index contributed by atoms with van der Waals surface area (Å²) in [6, 6.07) is 9.04. The van der Waals surface area contributed by atoms with Crippen LogP contribution in [-0.2, 0) is 0 Å². The van der Waals surface area contributed by atoms with Crippen molar-refractivity contribution in [2.75, 3.05) is 0 Å². The van der Waals surface area contributed by atoms with Crippen molar-refractivity contribution in [3.8, 4) is 0 Å². The first-order chi connectivity index (χ1) is 9.15. The minimum atomic E-state index is -2.60. The first-order valence-electron chi connectivity index (χ1n) is 5.75. The lowest BCUT2D eigenvalue weighted by Crippen LogP contribution is -2.07. The molecule has 2 unspecified atom stereocenters. The Morgan fingerprint density at radius 3 is 2.68 bits per heavy atom. The van der Waals surface area contributed by atoms with Gasteiger partial charge in [-0.05, 0) is 17.3 Å². The van der Waals surface area contributed by atoms with Gasteiger partial charge in [0.2, 0.25) is 5.16 Å². The lowest BCUT2D eigenvalue weighted by molar-refractivity contribution is 0.251. The van der Waals surface area contributed by atoms with Gasteiger partial charge in [-0.2, -0.15) is 8.78 Å². The molecule has 0 amide bonds. The average molecular weight is 285 g/mol. The molecule has 100 valence electrons. The number of halogens is 3. The second kappa shape index (κ2) is 4.88. The van der Waals surface area contributed by atoms with Crippen LogP contribution in [0.2, 0.25) is 0 Å². The summed E-state index contributed by atoms with van der Waals surface area (Å²) >= 11 is 0.239. The molecule has 1 aliphatic rings. The standard InChI is InChI=1S/C12H10F3N3S/c13-8-6-9(7-4-2-1-3-5-7)18-10(8)16-12(17-18)19-11(14)15/h1-5,8-9,11H,6H2. The molecule has 3 nitrogen and oxygen atoms in total. The van der Waals surface area contributed by atoms with Crippen LogP contribution >= 0.6 is 11.8 Å². The zero-order chi connectivity index (χ0) is 13.4. The second-order valence-corrected chi connectivity index (χ2v) is 5.16. The van der Waals surface area contributed by atoms with Crippen LogP contribution in [0.1, 0.15) is 30.0 Å². The van der Waals surface area contributed by atoms with Crippen LogP contribution in [-0.4, -0.2) is 20.5 Å². The lowest BCUT2D eigenvalue weighted by Gasteiger charge is -2.11. The molecule has 7 heteroatoms. The van der Waals surface area contributed by atoms with Crippen molar-refractivity contribution in [3.05, 3.63) is 41.7 Å². The van der Waals surface area contributed by atoms with Crippen LogP contribution in [0.25, 0.3) is 0 Å². The van der Waals surface area contributed by atoms with E-state index in [4.69, 9.17) is 0 Å². The fourth-order valence-electron chi connectivity index (χ4n) is 2.24. The Kier molecular flexibility index (Phi) is 3.22. The highest BCUT2D eigenvalue weighted by Gasteiger charge is 2.35. The number of hydrogen-bond acceptors (Lipinski definition) is 3. The van der Waals surface area contributed by atoms with Crippen molar-refractivity contribution in [1.82, 2.24) is 14.8 Å². The highest BCUT2D eigenvalue weighted by molar-refractivity contribution is 7.99. The molecule has 19 heavy (non-hydrogen) atoms. The topological polar surface area (TPSA) is 30.7 Å². The Bertz CT molecular complexity index is 573. The third kappa shape index (κ3) is 2.34. The van der Waals surface area contributed by atoms with Crippen molar-refractivity contribution in [3.63, 3.8) is 0 Å². The van der Waals surface area contributed by atoms with E-state index in [1.165, 1.54) is 4.68 Å². The third-order valence-electron chi connectivity index (χ3n) is 3.02. The number of aromatic nitrogens is 3. The van der Waals surface area contributed by atoms with Crippen molar-refractivity contribution in [1.29, 1.82) is 0 Å². The zero-order valence-corrected chi connectivity index (χ0v) is 10.5. The Morgan fingerprint density at radius 2 is 2.00 bits per heavy atom. The van der Waals surface area contributed by atoms with E-state index in [0.717, 1.165) is 5.56 Å². The van der Waals surface area contributed by atoms with E-state index in [0.29, 0.717) is 0 Å². The van der Waals surface area contributed by atoms with Gasteiger partial charge in [0.1, 0.15) is 0 Å². The largest absolute Gasteiger partial charge is 0.291 e. The normalized spacial score (nSPS) is 21.9. The van der Waals surface area contributed by atoms with Crippen LogP contribution < -0.4 is 0 Å². The Labute approximate surface area is 111 Å². The summed E-state index contributed by atoms with van der Waals surface area (Å²) in [5.74, 6) is -2.46. The van der Waals surface area contributed by atoms with Gasteiger partial charge in [0.05, 0.1) is 6.04 Å². The molecule has 2 aromatic rings. The Balaban J connectivity index is 1.95. The van der Waals surface area contributed by atoms with E-state index < -0.39 is 11.9 Å². The van der Waals surface area contributed by atoms with Crippen LogP contribution in [0.4, 0.5) is 13.2 Å². The fourth-order valence-corrected chi connectivity index (χ4v) is 2.68. The smallest absolute Gasteiger partial charge is 0.239 e. The van der Waals surface area contributed by atoms with Gasteiger partial charge in [-0.15, -0.1) is 5.10 Å². The number of alkyl halides is 3. The number of thioether (sulfide) groups is 1. The first kappa shape index (κ1) is 12.5. The summed E-state index contributed by atoms with van der Waals surface area (Å²) in [5.41, 5.74) is 0.905. The Morgan fingerprint density at radius 1 is 1.26 bits per heavy atom. The fraction of sp³-hybridized carbons (Fsp3) is 0.333. The minimum Gasteiger partial charge on any atom is -0.239 e. The summed E-state index contributed by atoms with van der Waals surface area (Å²) in [5, 5.41) is 3.91. The van der Waals surface area contributed by atoms with Crippen molar-refractivity contribution in [2.24, 2.45) is 0 Å². The molecule has 0 radical (unpaired) electrons. The molecule has 0 aliphatic carbocycles. The highest BCUT2D eigenvalue weighted by atomic mass is 32.2. The van der Waals surface area contributed by atoms with Gasteiger partial charge >= 0.3 is 0 Å². The van der Waals surface area contributed by atoms with Gasteiger partial charge in [-0.1, -0.05) is 30.3 Å². The quantitative estimate of drug-likeness (QED) is 0.807. The monoisotopic (exact) mass is 285 g/mol. The van der Waals surface area contributed by atoms with E-state index >= 15 is 0 Å². The van der Waals surface area contributed by atoms with Crippen molar-refractivity contribution < 1.29 is 13.2 Å². The van der Waals surface area contributed by atoms with Crippen LogP contribution in [0.5, 0.6) is 0 Å². The molecule has 2 atom stereocenters. The number of nitrogens with zero attached hydrogens (tertiary/aromatic N) is 3. The zero-order valence-electron chi connectivity index (χ0n) is 9.71. The van der Waals surface area contributed by atoms with E-state index in [2.05, 4.69) is 10.1 Å². The molecule has 0 bridgehead atoms. The summed E-state index contributed by atoms with van der Waals surface area (Å²) in [4.78, 5) is 3.85. The molecule has 0 saturated carbocycles. The molecule has 0 spiro atoms. The number of benzene rings is 1. The van der Waals surface area contributed by atoms with Crippen molar-refractivity contribution >= 4 is 11.8 Å². The highest BCUT2D eigenvalue weighted by Crippen LogP contribution is 2.40. The van der Waals surface area contributed by atoms with Gasteiger partial charge in [-0.3, -0.25) is 0 Å². The SMILES string of the molecule is FC(F)Sc1nc2n(n1)C(c1ccccc1)CC2F. The number of rotatable bonds is 3. The molecule has 0 fully saturated rings. The summed E-state index contributed by atoms with van der Waals surface area (Å²) in [6.45, 7) is 0. The van der Waals surface area contributed by atoms with Crippen LogP contribution in [0, 0.1) is 0 Å². The molecule has 0 saturated heterocycles. The van der Waals surface area contributed by atoms with E-state index in [1.807, 2.05) is 30.3 Å². The predicted octanol–water partition coefficient (Wildman–Crippen LogP) is 3.60.